The van der Waals surface area contributed by atoms with Crippen molar-refractivity contribution < 1.29 is 4.74 Å². The Hall–Kier alpha value is -1.03. The van der Waals surface area contributed by atoms with Crippen LogP contribution >= 0.6 is 27.5 Å². The molecule has 2 aromatic rings. The van der Waals surface area contributed by atoms with Gasteiger partial charge in [-0.2, -0.15) is 0 Å². The molecule has 20 heavy (non-hydrogen) atoms. The average molecular weight is 355 g/mol. The van der Waals surface area contributed by atoms with Gasteiger partial charge in [0.15, 0.2) is 0 Å². The molecular formula is C16H17BrClNO. The van der Waals surface area contributed by atoms with Gasteiger partial charge in [-0.05, 0) is 53.5 Å². The van der Waals surface area contributed by atoms with E-state index in [9.17, 15) is 0 Å². The quantitative estimate of drug-likeness (QED) is 0.849. The number of nitrogens with two attached hydrogens (primary N) is 1. The Labute approximate surface area is 133 Å². The minimum atomic E-state index is -0.202. The van der Waals surface area contributed by atoms with Gasteiger partial charge in [-0.15, -0.1) is 0 Å². The second-order valence-corrected chi connectivity index (χ2v) is 6.18. The maximum Gasteiger partial charge on any atom is 0.139 e. The Morgan fingerprint density at radius 3 is 2.55 bits per heavy atom. The van der Waals surface area contributed by atoms with Gasteiger partial charge in [0.25, 0.3) is 0 Å². The second-order valence-electron chi connectivity index (χ2n) is 4.89. The fraction of sp³-hybridized carbons (Fsp3) is 0.250. The molecule has 0 aliphatic rings. The Kier molecular flexibility index (Phi) is 5.08. The van der Waals surface area contributed by atoms with Crippen LogP contribution in [0.5, 0.6) is 5.75 Å². The summed E-state index contributed by atoms with van der Waals surface area (Å²) in [6.07, 6.45) is -0.202. The van der Waals surface area contributed by atoms with Crippen LogP contribution in [0, 0.1) is 6.92 Å². The monoisotopic (exact) mass is 353 g/mol. The predicted octanol–water partition coefficient (Wildman–Crippen LogP) is 4.88. The molecule has 0 heterocycles. The van der Waals surface area contributed by atoms with Gasteiger partial charge >= 0.3 is 0 Å². The lowest BCUT2D eigenvalue weighted by Gasteiger charge is -2.24. The molecule has 2 aromatic carbocycles. The van der Waals surface area contributed by atoms with Crippen molar-refractivity contribution in [1.29, 1.82) is 0 Å². The Balaban J connectivity index is 2.30. The summed E-state index contributed by atoms with van der Waals surface area (Å²) in [7, 11) is 0. The molecule has 0 aromatic heterocycles. The number of halogens is 2. The standard InChI is InChI=1S/C16H17BrClNO/c1-10-4-3-5-12(8-10)16(11(2)19)20-15-7-6-13(18)9-14(15)17/h3-9,11,16H,19H2,1-2H3. The topological polar surface area (TPSA) is 35.2 Å². The molecule has 0 saturated carbocycles. The van der Waals surface area contributed by atoms with Crippen LogP contribution < -0.4 is 10.5 Å². The Morgan fingerprint density at radius 1 is 1.20 bits per heavy atom. The highest BCUT2D eigenvalue weighted by Crippen LogP contribution is 2.32. The van der Waals surface area contributed by atoms with Gasteiger partial charge in [0.05, 0.1) is 4.47 Å². The second kappa shape index (κ2) is 6.61. The van der Waals surface area contributed by atoms with E-state index in [4.69, 9.17) is 22.1 Å². The summed E-state index contributed by atoms with van der Waals surface area (Å²) < 4.78 is 6.89. The molecule has 0 aliphatic heterocycles. The van der Waals surface area contributed by atoms with Crippen molar-refractivity contribution in [2.45, 2.75) is 26.0 Å². The molecule has 2 unspecified atom stereocenters. The van der Waals surface area contributed by atoms with E-state index >= 15 is 0 Å². The highest BCUT2D eigenvalue weighted by molar-refractivity contribution is 9.10. The van der Waals surface area contributed by atoms with Crippen molar-refractivity contribution in [3.05, 3.63) is 63.1 Å². The molecular weight excluding hydrogens is 338 g/mol. The molecule has 2 rings (SSSR count). The zero-order valence-electron chi connectivity index (χ0n) is 11.4. The number of aryl methyl sites for hydroxylation is 1. The van der Waals surface area contributed by atoms with E-state index < -0.39 is 0 Å². The third kappa shape index (κ3) is 3.75. The van der Waals surface area contributed by atoms with Crippen molar-refractivity contribution in [3.8, 4) is 5.75 Å². The third-order valence-electron chi connectivity index (χ3n) is 3.00. The first-order valence-corrected chi connectivity index (χ1v) is 7.58. The highest BCUT2D eigenvalue weighted by atomic mass is 79.9. The maximum absolute atomic E-state index is 6.08. The van der Waals surface area contributed by atoms with E-state index in [1.54, 1.807) is 6.07 Å². The van der Waals surface area contributed by atoms with Crippen molar-refractivity contribution in [2.75, 3.05) is 0 Å². The molecule has 0 fully saturated rings. The Bertz CT molecular complexity index is 601. The molecule has 0 spiro atoms. The fourth-order valence-corrected chi connectivity index (χ4v) is 2.81. The lowest BCUT2D eigenvalue weighted by molar-refractivity contribution is 0.179. The zero-order valence-corrected chi connectivity index (χ0v) is 13.8. The average Bonchev–Trinajstić information content (AvgIpc) is 2.37. The summed E-state index contributed by atoms with van der Waals surface area (Å²) in [5, 5.41) is 0.664. The molecule has 0 bridgehead atoms. The SMILES string of the molecule is Cc1cccc(C(Oc2ccc(Cl)cc2Br)C(C)N)c1. The molecule has 0 radical (unpaired) electrons. The van der Waals surface area contributed by atoms with Crippen LogP contribution in [-0.4, -0.2) is 6.04 Å². The number of hydrogen-bond donors (Lipinski definition) is 1. The van der Waals surface area contributed by atoms with Crippen molar-refractivity contribution in [3.63, 3.8) is 0 Å². The normalized spacial score (nSPS) is 13.8. The lowest BCUT2D eigenvalue weighted by Crippen LogP contribution is -2.29. The number of rotatable bonds is 4. The zero-order chi connectivity index (χ0) is 14.7. The first kappa shape index (κ1) is 15.4. The molecule has 0 amide bonds. The van der Waals surface area contributed by atoms with E-state index in [0.717, 1.165) is 15.8 Å². The first-order chi connectivity index (χ1) is 9.47. The third-order valence-corrected chi connectivity index (χ3v) is 3.85. The number of ether oxygens (including phenoxy) is 1. The van der Waals surface area contributed by atoms with Gasteiger partial charge < -0.3 is 10.5 Å². The van der Waals surface area contributed by atoms with E-state index in [2.05, 4.69) is 35.0 Å². The largest absolute Gasteiger partial charge is 0.483 e. The molecule has 0 aliphatic carbocycles. The van der Waals surface area contributed by atoms with Gasteiger partial charge in [0, 0.05) is 11.1 Å². The molecule has 4 heteroatoms. The summed E-state index contributed by atoms with van der Waals surface area (Å²) in [6.45, 7) is 4.00. The molecule has 2 atom stereocenters. The van der Waals surface area contributed by atoms with Crippen molar-refractivity contribution in [1.82, 2.24) is 0 Å². The summed E-state index contributed by atoms with van der Waals surface area (Å²) in [4.78, 5) is 0. The van der Waals surface area contributed by atoms with Crippen molar-refractivity contribution >= 4 is 27.5 Å². The molecule has 106 valence electrons. The summed E-state index contributed by atoms with van der Waals surface area (Å²) >= 11 is 9.41. The van der Waals surface area contributed by atoms with Crippen LogP contribution in [0.15, 0.2) is 46.9 Å². The smallest absolute Gasteiger partial charge is 0.139 e. The fourth-order valence-electron chi connectivity index (χ4n) is 2.03. The van der Waals surface area contributed by atoms with Crippen LogP contribution in [0.25, 0.3) is 0 Å². The minimum absolute atomic E-state index is 0.126. The summed E-state index contributed by atoms with van der Waals surface area (Å²) in [6, 6.07) is 13.5. The highest BCUT2D eigenvalue weighted by Gasteiger charge is 2.19. The predicted molar refractivity (Wildman–Crippen MR) is 87.3 cm³/mol. The van der Waals surface area contributed by atoms with Crippen LogP contribution in [-0.2, 0) is 0 Å². The summed E-state index contributed by atoms with van der Waals surface area (Å²) in [5.41, 5.74) is 8.34. The van der Waals surface area contributed by atoms with Crippen LogP contribution in [0.3, 0.4) is 0 Å². The summed E-state index contributed by atoms with van der Waals surface area (Å²) in [5.74, 6) is 0.734. The van der Waals surface area contributed by atoms with E-state index in [1.165, 1.54) is 5.56 Å². The van der Waals surface area contributed by atoms with Crippen LogP contribution in [0.2, 0.25) is 5.02 Å². The van der Waals surface area contributed by atoms with E-state index in [0.29, 0.717) is 5.02 Å². The maximum atomic E-state index is 6.08. The van der Waals surface area contributed by atoms with Gasteiger partial charge in [-0.3, -0.25) is 0 Å². The van der Waals surface area contributed by atoms with Crippen LogP contribution in [0.4, 0.5) is 0 Å². The van der Waals surface area contributed by atoms with Gasteiger partial charge in [-0.25, -0.2) is 0 Å². The minimum Gasteiger partial charge on any atom is -0.483 e. The van der Waals surface area contributed by atoms with Gasteiger partial charge in [0.1, 0.15) is 11.9 Å². The van der Waals surface area contributed by atoms with E-state index in [-0.39, 0.29) is 12.1 Å². The van der Waals surface area contributed by atoms with E-state index in [1.807, 2.05) is 31.2 Å². The number of benzene rings is 2. The number of hydrogen-bond acceptors (Lipinski definition) is 2. The molecule has 2 N–H and O–H groups in total. The Morgan fingerprint density at radius 2 is 1.95 bits per heavy atom. The lowest BCUT2D eigenvalue weighted by atomic mass is 10.0. The molecule has 2 nitrogen and oxygen atoms in total. The van der Waals surface area contributed by atoms with Crippen LogP contribution in [0.1, 0.15) is 24.2 Å². The first-order valence-electron chi connectivity index (χ1n) is 6.41. The molecule has 0 saturated heterocycles. The van der Waals surface area contributed by atoms with Gasteiger partial charge in [-0.1, -0.05) is 41.4 Å². The van der Waals surface area contributed by atoms with Crippen molar-refractivity contribution in [2.24, 2.45) is 5.73 Å². The van der Waals surface area contributed by atoms with Gasteiger partial charge in [0.2, 0.25) is 0 Å².